The molecule has 0 unspecified atom stereocenters. The molecule has 0 spiro atoms. The summed E-state index contributed by atoms with van der Waals surface area (Å²) in [5, 5.41) is 2.43. The lowest BCUT2D eigenvalue weighted by Crippen LogP contribution is -2.35. The van der Waals surface area contributed by atoms with E-state index in [1.54, 1.807) is 38.1 Å². The number of rotatable bonds is 4. The Kier molecular flexibility index (Phi) is 4.45. The van der Waals surface area contributed by atoms with Crippen LogP contribution < -0.4 is 10.1 Å². The number of carbonyl (C=O) groups is 1. The Morgan fingerprint density at radius 2 is 1.82 bits per heavy atom. The van der Waals surface area contributed by atoms with Gasteiger partial charge in [-0.2, -0.15) is 0 Å². The van der Waals surface area contributed by atoms with Crippen molar-refractivity contribution in [2.24, 2.45) is 0 Å². The molecule has 0 aliphatic heterocycles. The highest BCUT2D eigenvalue weighted by Crippen LogP contribution is 2.32. The van der Waals surface area contributed by atoms with E-state index < -0.39 is 23.0 Å². The third kappa shape index (κ3) is 3.08. The summed E-state index contributed by atoms with van der Waals surface area (Å²) in [6, 6.07) is 10.0. The van der Waals surface area contributed by atoms with Gasteiger partial charge in [-0.1, -0.05) is 18.2 Å². The van der Waals surface area contributed by atoms with Crippen LogP contribution in [0.1, 0.15) is 19.4 Å². The maximum Gasteiger partial charge on any atom is 0.234 e. The Morgan fingerprint density at radius 1 is 1.14 bits per heavy atom. The molecule has 0 saturated carbocycles. The van der Waals surface area contributed by atoms with Gasteiger partial charge < -0.3 is 10.1 Å². The Hall–Kier alpha value is -2.43. The highest BCUT2D eigenvalue weighted by Gasteiger charge is 2.33. The van der Waals surface area contributed by atoms with E-state index in [0.29, 0.717) is 11.3 Å². The molecular formula is C17H17F2NO2. The van der Waals surface area contributed by atoms with Gasteiger partial charge in [0, 0.05) is 11.6 Å². The Bertz CT molecular complexity index is 699. The summed E-state index contributed by atoms with van der Waals surface area (Å²) in [5.41, 5.74) is -0.509. The zero-order valence-corrected chi connectivity index (χ0v) is 12.6. The molecule has 0 atom stereocenters. The summed E-state index contributed by atoms with van der Waals surface area (Å²) >= 11 is 0. The standard InChI is InChI=1S/C17H17F2NO2/c1-17(2,12-6-4-5-7-15(12)22-3)16(21)20-14-10-11(18)8-9-13(14)19/h4-10H,1-3H3,(H,20,21). The van der Waals surface area contributed by atoms with E-state index in [0.717, 1.165) is 18.2 Å². The molecule has 0 radical (unpaired) electrons. The molecule has 0 bridgehead atoms. The monoisotopic (exact) mass is 305 g/mol. The zero-order valence-electron chi connectivity index (χ0n) is 12.6. The van der Waals surface area contributed by atoms with E-state index in [2.05, 4.69) is 5.32 Å². The predicted molar refractivity (Wildman–Crippen MR) is 81.0 cm³/mol. The first-order valence-electron chi connectivity index (χ1n) is 6.76. The lowest BCUT2D eigenvalue weighted by molar-refractivity contribution is -0.120. The van der Waals surface area contributed by atoms with Crippen molar-refractivity contribution in [3.05, 3.63) is 59.7 Å². The first-order chi connectivity index (χ1) is 10.4. The first kappa shape index (κ1) is 15.9. The van der Waals surface area contributed by atoms with Crippen molar-refractivity contribution in [1.82, 2.24) is 0 Å². The minimum absolute atomic E-state index is 0.187. The van der Waals surface area contributed by atoms with Crippen LogP contribution in [0, 0.1) is 11.6 Å². The molecule has 116 valence electrons. The quantitative estimate of drug-likeness (QED) is 0.930. The fourth-order valence-electron chi connectivity index (χ4n) is 2.16. The lowest BCUT2D eigenvalue weighted by Gasteiger charge is -2.26. The molecule has 0 aromatic heterocycles. The molecule has 2 aromatic carbocycles. The largest absolute Gasteiger partial charge is 0.496 e. The molecule has 0 aliphatic rings. The third-order valence-electron chi connectivity index (χ3n) is 3.52. The lowest BCUT2D eigenvalue weighted by atomic mass is 9.83. The Morgan fingerprint density at radius 3 is 2.50 bits per heavy atom. The molecule has 1 amide bonds. The van der Waals surface area contributed by atoms with Crippen molar-refractivity contribution in [3.8, 4) is 5.75 Å². The fraction of sp³-hybridized carbons (Fsp3) is 0.235. The van der Waals surface area contributed by atoms with Gasteiger partial charge in [-0.15, -0.1) is 0 Å². The normalized spacial score (nSPS) is 11.1. The van der Waals surface area contributed by atoms with Crippen molar-refractivity contribution in [1.29, 1.82) is 0 Å². The molecule has 0 heterocycles. The van der Waals surface area contributed by atoms with Crippen molar-refractivity contribution >= 4 is 11.6 Å². The van der Waals surface area contributed by atoms with Gasteiger partial charge in [0.15, 0.2) is 0 Å². The summed E-state index contributed by atoms with van der Waals surface area (Å²) in [5.74, 6) is -1.21. The summed E-state index contributed by atoms with van der Waals surface area (Å²) in [4.78, 5) is 12.5. The number of carbonyl (C=O) groups excluding carboxylic acids is 1. The molecule has 0 fully saturated rings. The van der Waals surface area contributed by atoms with E-state index in [9.17, 15) is 13.6 Å². The molecule has 5 heteroatoms. The van der Waals surface area contributed by atoms with Crippen LogP contribution in [0.3, 0.4) is 0 Å². The van der Waals surface area contributed by atoms with Crippen molar-refractivity contribution in [2.45, 2.75) is 19.3 Å². The second kappa shape index (κ2) is 6.13. The number of amides is 1. The summed E-state index contributed by atoms with van der Waals surface area (Å²) in [6.45, 7) is 3.38. The fourth-order valence-corrected chi connectivity index (χ4v) is 2.16. The average Bonchev–Trinajstić information content (AvgIpc) is 2.50. The second-order valence-electron chi connectivity index (χ2n) is 5.40. The summed E-state index contributed by atoms with van der Waals surface area (Å²) in [7, 11) is 1.51. The molecule has 3 nitrogen and oxygen atoms in total. The van der Waals surface area contributed by atoms with Gasteiger partial charge >= 0.3 is 0 Å². The maximum atomic E-state index is 13.7. The number of para-hydroxylation sites is 1. The van der Waals surface area contributed by atoms with Gasteiger partial charge in [-0.25, -0.2) is 8.78 Å². The van der Waals surface area contributed by atoms with Crippen molar-refractivity contribution in [2.75, 3.05) is 12.4 Å². The van der Waals surface area contributed by atoms with Gasteiger partial charge in [-0.3, -0.25) is 4.79 Å². The van der Waals surface area contributed by atoms with Gasteiger partial charge in [-0.05, 0) is 32.0 Å². The molecule has 0 aliphatic carbocycles. The minimum Gasteiger partial charge on any atom is -0.496 e. The van der Waals surface area contributed by atoms with Crippen LogP contribution >= 0.6 is 0 Å². The van der Waals surface area contributed by atoms with Crippen LogP contribution in [0.15, 0.2) is 42.5 Å². The van der Waals surface area contributed by atoms with Gasteiger partial charge in [0.25, 0.3) is 0 Å². The van der Waals surface area contributed by atoms with Gasteiger partial charge in [0.1, 0.15) is 17.4 Å². The number of hydrogen-bond acceptors (Lipinski definition) is 2. The Labute approximate surface area is 127 Å². The number of hydrogen-bond donors (Lipinski definition) is 1. The van der Waals surface area contributed by atoms with E-state index in [1.807, 2.05) is 0 Å². The van der Waals surface area contributed by atoms with Gasteiger partial charge in [0.05, 0.1) is 18.2 Å². The zero-order chi connectivity index (χ0) is 16.3. The molecular weight excluding hydrogens is 288 g/mol. The van der Waals surface area contributed by atoms with Crippen LogP contribution in [-0.2, 0) is 10.2 Å². The van der Waals surface area contributed by atoms with Crippen molar-refractivity contribution in [3.63, 3.8) is 0 Å². The van der Waals surface area contributed by atoms with Gasteiger partial charge in [0.2, 0.25) is 5.91 Å². The first-order valence-corrected chi connectivity index (χ1v) is 6.76. The van der Waals surface area contributed by atoms with Crippen LogP contribution in [0.5, 0.6) is 5.75 Å². The Balaban J connectivity index is 2.33. The van der Waals surface area contributed by atoms with Crippen molar-refractivity contribution < 1.29 is 18.3 Å². The SMILES string of the molecule is COc1ccccc1C(C)(C)C(=O)Nc1cc(F)ccc1F. The van der Waals surface area contributed by atoms with E-state index in [-0.39, 0.29) is 5.69 Å². The smallest absolute Gasteiger partial charge is 0.234 e. The summed E-state index contributed by atoms with van der Waals surface area (Å²) < 4.78 is 32.1. The number of ether oxygens (including phenoxy) is 1. The highest BCUT2D eigenvalue weighted by molar-refractivity contribution is 5.99. The van der Waals surface area contributed by atoms with Crippen LogP contribution in [0.2, 0.25) is 0 Å². The average molecular weight is 305 g/mol. The molecule has 1 N–H and O–H groups in total. The minimum atomic E-state index is -0.981. The molecule has 2 rings (SSSR count). The van der Waals surface area contributed by atoms with E-state index in [1.165, 1.54) is 7.11 Å². The third-order valence-corrected chi connectivity index (χ3v) is 3.52. The number of benzene rings is 2. The highest BCUT2D eigenvalue weighted by atomic mass is 19.1. The number of anilines is 1. The summed E-state index contributed by atoms with van der Waals surface area (Å²) in [6.07, 6.45) is 0. The predicted octanol–water partition coefficient (Wildman–Crippen LogP) is 3.89. The van der Waals surface area contributed by atoms with Crippen LogP contribution in [-0.4, -0.2) is 13.0 Å². The van der Waals surface area contributed by atoms with Crippen LogP contribution in [0.25, 0.3) is 0 Å². The molecule has 0 saturated heterocycles. The maximum absolute atomic E-state index is 13.7. The number of methoxy groups -OCH3 is 1. The number of halogens is 2. The van der Waals surface area contributed by atoms with Crippen LogP contribution in [0.4, 0.5) is 14.5 Å². The van der Waals surface area contributed by atoms with E-state index in [4.69, 9.17) is 4.74 Å². The molecule has 2 aromatic rings. The second-order valence-corrected chi connectivity index (χ2v) is 5.40. The number of nitrogens with one attached hydrogen (secondary N) is 1. The van der Waals surface area contributed by atoms with E-state index >= 15 is 0 Å². The topological polar surface area (TPSA) is 38.3 Å². The molecule has 22 heavy (non-hydrogen) atoms.